The van der Waals surface area contributed by atoms with Crippen LogP contribution in [0.15, 0.2) is 0 Å². The van der Waals surface area contributed by atoms with Crippen molar-refractivity contribution in [1.29, 1.82) is 0 Å². The Hall–Kier alpha value is 0.460. The van der Waals surface area contributed by atoms with Gasteiger partial charge in [-0.3, -0.25) is 9.80 Å². The van der Waals surface area contributed by atoms with Gasteiger partial charge in [-0.05, 0) is 47.6 Å². The van der Waals surface area contributed by atoms with Crippen molar-refractivity contribution in [2.24, 2.45) is 0 Å². The Balaban J connectivity index is 0.00000162. The van der Waals surface area contributed by atoms with Gasteiger partial charge in [0.05, 0.1) is 0 Å². The Morgan fingerprint density at radius 1 is 0.895 bits per heavy atom. The summed E-state index contributed by atoms with van der Waals surface area (Å²) in [4.78, 5) is 5.27. The number of rotatable bonds is 1. The van der Waals surface area contributed by atoms with Crippen LogP contribution in [0.25, 0.3) is 0 Å². The number of halogens is 2. The Morgan fingerprint density at radius 3 is 1.74 bits per heavy atom. The Labute approximate surface area is 131 Å². The van der Waals surface area contributed by atoms with Gasteiger partial charge in [0.1, 0.15) is 0 Å². The second-order valence-corrected chi connectivity index (χ2v) is 7.03. The van der Waals surface area contributed by atoms with Gasteiger partial charge in [-0.2, -0.15) is 0 Å². The molecule has 0 radical (unpaired) electrons. The smallest absolute Gasteiger partial charge is 0.0170 e. The molecular formula is C14H31Cl2N3. The topological polar surface area (TPSA) is 18.5 Å². The highest BCUT2D eigenvalue weighted by Gasteiger charge is 2.44. The lowest BCUT2D eigenvalue weighted by molar-refractivity contribution is -0.0494. The molecule has 0 aromatic heterocycles. The highest BCUT2D eigenvalue weighted by Crippen LogP contribution is 2.38. The molecule has 0 bridgehead atoms. The van der Waals surface area contributed by atoms with Crippen LogP contribution in [0.1, 0.15) is 40.5 Å². The van der Waals surface area contributed by atoms with Crippen LogP contribution in [0.5, 0.6) is 0 Å². The minimum atomic E-state index is 0. The molecule has 0 aliphatic carbocycles. The molecule has 3 nitrogen and oxygen atoms in total. The molecule has 19 heavy (non-hydrogen) atoms. The molecule has 2 fully saturated rings. The maximum Gasteiger partial charge on any atom is 0.0170 e. The normalized spacial score (nSPS) is 28.3. The van der Waals surface area contributed by atoms with Gasteiger partial charge in [-0.15, -0.1) is 24.8 Å². The molecule has 2 rings (SSSR count). The van der Waals surface area contributed by atoms with Crippen LogP contribution in [-0.4, -0.2) is 60.1 Å². The van der Waals surface area contributed by atoms with E-state index in [0.29, 0.717) is 11.1 Å². The first kappa shape index (κ1) is 19.5. The Bertz CT molecular complexity index is 258. The van der Waals surface area contributed by atoms with Crippen LogP contribution in [-0.2, 0) is 0 Å². The summed E-state index contributed by atoms with van der Waals surface area (Å²) in [7, 11) is 2.29. The summed E-state index contributed by atoms with van der Waals surface area (Å²) in [5.41, 5.74) is 0.634. The quantitative estimate of drug-likeness (QED) is 0.802. The average molecular weight is 312 g/mol. The third-order valence-corrected chi connectivity index (χ3v) is 4.95. The van der Waals surface area contributed by atoms with Crippen LogP contribution in [0.2, 0.25) is 0 Å². The second-order valence-electron chi connectivity index (χ2n) is 7.03. The fourth-order valence-corrected chi connectivity index (χ4v) is 3.62. The summed E-state index contributed by atoms with van der Waals surface area (Å²) in [6.07, 6.45) is 2.60. The van der Waals surface area contributed by atoms with E-state index < -0.39 is 0 Å². The molecule has 2 aliphatic rings. The standard InChI is InChI=1S/C14H29N3.2ClH/c1-13(2)10-12(11-14(3,4)16(13)5)17-8-6-15-7-9-17;;/h12,15H,6-11H2,1-5H3;2*1H. The highest BCUT2D eigenvalue weighted by atomic mass is 35.5. The van der Waals surface area contributed by atoms with Crippen LogP contribution in [0.4, 0.5) is 0 Å². The minimum absolute atomic E-state index is 0. The predicted octanol–water partition coefficient (Wildman–Crippen LogP) is 2.39. The van der Waals surface area contributed by atoms with Crippen molar-refractivity contribution in [3.8, 4) is 0 Å². The Morgan fingerprint density at radius 2 is 1.32 bits per heavy atom. The average Bonchev–Trinajstić information content (AvgIpc) is 2.26. The van der Waals surface area contributed by atoms with Crippen molar-refractivity contribution in [1.82, 2.24) is 15.1 Å². The van der Waals surface area contributed by atoms with Crippen molar-refractivity contribution >= 4 is 24.8 Å². The fourth-order valence-electron chi connectivity index (χ4n) is 3.62. The van der Waals surface area contributed by atoms with Crippen LogP contribution in [0, 0.1) is 0 Å². The monoisotopic (exact) mass is 311 g/mol. The van der Waals surface area contributed by atoms with E-state index >= 15 is 0 Å². The number of piperidine rings is 1. The molecule has 0 saturated carbocycles. The van der Waals surface area contributed by atoms with E-state index in [1.54, 1.807) is 0 Å². The molecule has 0 amide bonds. The summed E-state index contributed by atoms with van der Waals surface area (Å²) < 4.78 is 0. The van der Waals surface area contributed by atoms with E-state index in [9.17, 15) is 0 Å². The van der Waals surface area contributed by atoms with Crippen LogP contribution >= 0.6 is 24.8 Å². The molecule has 0 aromatic carbocycles. The summed E-state index contributed by atoms with van der Waals surface area (Å²) in [6.45, 7) is 14.3. The van der Waals surface area contributed by atoms with E-state index in [1.165, 1.54) is 25.9 Å². The second kappa shape index (κ2) is 6.95. The fraction of sp³-hybridized carbons (Fsp3) is 1.00. The van der Waals surface area contributed by atoms with Crippen molar-refractivity contribution < 1.29 is 0 Å². The maximum absolute atomic E-state index is 3.45. The minimum Gasteiger partial charge on any atom is -0.314 e. The first-order valence-corrected chi connectivity index (χ1v) is 7.02. The highest BCUT2D eigenvalue weighted by molar-refractivity contribution is 5.85. The van der Waals surface area contributed by atoms with Crippen LogP contribution < -0.4 is 5.32 Å². The van der Waals surface area contributed by atoms with Gasteiger partial charge in [0, 0.05) is 43.3 Å². The van der Waals surface area contributed by atoms with Gasteiger partial charge < -0.3 is 5.32 Å². The number of likely N-dealkylation sites (tertiary alicyclic amines) is 1. The first-order chi connectivity index (χ1) is 7.83. The lowest BCUT2D eigenvalue weighted by Gasteiger charge is -2.56. The number of nitrogens with zero attached hydrogens (tertiary/aromatic N) is 2. The number of hydrogen-bond donors (Lipinski definition) is 1. The molecular weight excluding hydrogens is 281 g/mol. The molecule has 5 heteroatoms. The molecule has 2 aliphatic heterocycles. The van der Waals surface area contributed by atoms with Gasteiger partial charge in [0.25, 0.3) is 0 Å². The van der Waals surface area contributed by atoms with E-state index in [-0.39, 0.29) is 24.8 Å². The van der Waals surface area contributed by atoms with Gasteiger partial charge >= 0.3 is 0 Å². The lowest BCUT2D eigenvalue weighted by Crippen LogP contribution is -2.64. The Kier molecular flexibility index (Phi) is 7.12. The van der Waals surface area contributed by atoms with Gasteiger partial charge in [-0.25, -0.2) is 0 Å². The molecule has 0 spiro atoms. The van der Waals surface area contributed by atoms with E-state index in [1.807, 2.05) is 0 Å². The summed E-state index contributed by atoms with van der Waals surface area (Å²) >= 11 is 0. The molecule has 116 valence electrons. The number of nitrogens with one attached hydrogen (secondary N) is 1. The third kappa shape index (κ3) is 4.21. The van der Waals surface area contributed by atoms with Crippen molar-refractivity contribution in [2.75, 3.05) is 33.2 Å². The lowest BCUT2D eigenvalue weighted by atomic mass is 9.77. The third-order valence-electron chi connectivity index (χ3n) is 4.95. The zero-order valence-electron chi connectivity index (χ0n) is 13.0. The summed E-state index contributed by atoms with van der Waals surface area (Å²) in [5, 5.41) is 3.45. The van der Waals surface area contributed by atoms with Crippen molar-refractivity contribution in [3.63, 3.8) is 0 Å². The van der Waals surface area contributed by atoms with Gasteiger partial charge in [0.2, 0.25) is 0 Å². The number of hydrogen-bond acceptors (Lipinski definition) is 3. The molecule has 2 saturated heterocycles. The molecule has 2 heterocycles. The van der Waals surface area contributed by atoms with Crippen molar-refractivity contribution in [3.05, 3.63) is 0 Å². The largest absolute Gasteiger partial charge is 0.314 e. The van der Waals surface area contributed by atoms with E-state index in [2.05, 4.69) is 49.9 Å². The summed E-state index contributed by atoms with van der Waals surface area (Å²) in [6, 6.07) is 0.762. The number of piperazine rings is 1. The van der Waals surface area contributed by atoms with Crippen molar-refractivity contribution in [2.45, 2.75) is 57.7 Å². The van der Waals surface area contributed by atoms with Gasteiger partial charge in [-0.1, -0.05) is 0 Å². The first-order valence-electron chi connectivity index (χ1n) is 7.02. The SMILES string of the molecule is CN1C(C)(C)CC(N2CCNCC2)CC1(C)C.Cl.Cl. The summed E-state index contributed by atoms with van der Waals surface area (Å²) in [5.74, 6) is 0. The molecule has 0 unspecified atom stereocenters. The molecule has 0 atom stereocenters. The maximum atomic E-state index is 3.45. The molecule has 1 N–H and O–H groups in total. The van der Waals surface area contributed by atoms with Gasteiger partial charge in [0.15, 0.2) is 0 Å². The van der Waals surface area contributed by atoms with Crippen LogP contribution in [0.3, 0.4) is 0 Å². The zero-order chi connectivity index (χ0) is 12.7. The predicted molar refractivity (Wildman–Crippen MR) is 87.9 cm³/mol. The van der Waals surface area contributed by atoms with E-state index in [4.69, 9.17) is 0 Å². The molecule has 0 aromatic rings. The zero-order valence-corrected chi connectivity index (χ0v) is 14.7. The van der Waals surface area contributed by atoms with E-state index in [0.717, 1.165) is 19.1 Å².